The monoisotopic (exact) mass is 221 g/mol. The van der Waals surface area contributed by atoms with Gasteiger partial charge in [0.15, 0.2) is 0 Å². The standard InChI is InChI=1S/C13H19NO2/c1-4-13(15)14(11(2)10-16-3)12-8-6-5-7-9-12/h5-9,11H,4,10H2,1-3H3. The fourth-order valence-corrected chi connectivity index (χ4v) is 1.72. The van der Waals surface area contributed by atoms with Crippen molar-refractivity contribution in [2.24, 2.45) is 0 Å². The Hall–Kier alpha value is -1.35. The second-order valence-corrected chi connectivity index (χ2v) is 3.76. The first kappa shape index (κ1) is 12.7. The topological polar surface area (TPSA) is 29.5 Å². The lowest BCUT2D eigenvalue weighted by molar-refractivity contribution is -0.118. The molecular weight excluding hydrogens is 202 g/mol. The number of nitrogens with zero attached hydrogens (tertiary/aromatic N) is 1. The summed E-state index contributed by atoms with van der Waals surface area (Å²) in [5, 5.41) is 0. The lowest BCUT2D eigenvalue weighted by Gasteiger charge is -2.28. The summed E-state index contributed by atoms with van der Waals surface area (Å²) in [6.45, 7) is 4.41. The number of anilines is 1. The Balaban J connectivity index is 2.92. The summed E-state index contributed by atoms with van der Waals surface area (Å²) in [7, 11) is 1.65. The highest BCUT2D eigenvalue weighted by atomic mass is 16.5. The largest absolute Gasteiger partial charge is 0.383 e. The predicted octanol–water partition coefficient (Wildman–Crippen LogP) is 2.46. The van der Waals surface area contributed by atoms with Crippen molar-refractivity contribution in [1.29, 1.82) is 0 Å². The highest BCUT2D eigenvalue weighted by Crippen LogP contribution is 2.17. The van der Waals surface area contributed by atoms with Crippen LogP contribution in [0.2, 0.25) is 0 Å². The molecule has 0 heterocycles. The van der Waals surface area contributed by atoms with Gasteiger partial charge in [0.25, 0.3) is 0 Å². The first-order valence-corrected chi connectivity index (χ1v) is 5.56. The van der Waals surface area contributed by atoms with E-state index in [4.69, 9.17) is 4.74 Å². The predicted molar refractivity (Wildman–Crippen MR) is 65.6 cm³/mol. The summed E-state index contributed by atoms with van der Waals surface area (Å²) in [5.41, 5.74) is 0.930. The van der Waals surface area contributed by atoms with E-state index in [1.807, 2.05) is 44.2 Å². The Morgan fingerprint density at radius 3 is 2.50 bits per heavy atom. The van der Waals surface area contributed by atoms with Gasteiger partial charge in [-0.15, -0.1) is 0 Å². The summed E-state index contributed by atoms with van der Waals surface area (Å²) in [5.74, 6) is 0.121. The molecule has 0 aliphatic rings. The molecule has 0 radical (unpaired) electrons. The molecule has 16 heavy (non-hydrogen) atoms. The van der Waals surface area contributed by atoms with Crippen molar-refractivity contribution in [3.8, 4) is 0 Å². The molecule has 0 saturated heterocycles. The maximum atomic E-state index is 11.9. The van der Waals surface area contributed by atoms with Gasteiger partial charge in [0.2, 0.25) is 5.91 Å². The molecule has 1 unspecified atom stereocenters. The van der Waals surface area contributed by atoms with Crippen LogP contribution in [0.25, 0.3) is 0 Å². The number of para-hydroxylation sites is 1. The molecule has 0 aromatic heterocycles. The summed E-state index contributed by atoms with van der Waals surface area (Å²) >= 11 is 0. The quantitative estimate of drug-likeness (QED) is 0.764. The van der Waals surface area contributed by atoms with Crippen molar-refractivity contribution >= 4 is 11.6 Å². The molecule has 0 aliphatic heterocycles. The molecule has 3 heteroatoms. The molecule has 0 bridgehead atoms. The number of benzene rings is 1. The van der Waals surface area contributed by atoms with Crippen LogP contribution in [-0.2, 0) is 9.53 Å². The van der Waals surface area contributed by atoms with Gasteiger partial charge < -0.3 is 9.64 Å². The molecule has 0 aliphatic carbocycles. The molecule has 88 valence electrons. The maximum absolute atomic E-state index is 11.9. The van der Waals surface area contributed by atoms with Crippen LogP contribution in [0.4, 0.5) is 5.69 Å². The Bertz CT molecular complexity index is 324. The van der Waals surface area contributed by atoms with E-state index in [0.717, 1.165) is 5.69 Å². The van der Waals surface area contributed by atoms with Gasteiger partial charge in [-0.25, -0.2) is 0 Å². The van der Waals surface area contributed by atoms with Gasteiger partial charge in [-0.1, -0.05) is 25.1 Å². The second kappa shape index (κ2) is 6.28. The van der Waals surface area contributed by atoms with E-state index in [1.54, 1.807) is 12.0 Å². The molecule has 0 saturated carbocycles. The van der Waals surface area contributed by atoms with Crippen LogP contribution < -0.4 is 4.90 Å². The number of ether oxygens (including phenoxy) is 1. The van der Waals surface area contributed by atoms with Crippen molar-refractivity contribution in [1.82, 2.24) is 0 Å². The Labute approximate surface area is 97.0 Å². The molecule has 0 spiro atoms. The SMILES string of the molecule is CCC(=O)N(c1ccccc1)C(C)COC. The zero-order valence-electron chi connectivity index (χ0n) is 10.1. The fourth-order valence-electron chi connectivity index (χ4n) is 1.72. The zero-order chi connectivity index (χ0) is 12.0. The van der Waals surface area contributed by atoms with Gasteiger partial charge in [-0.2, -0.15) is 0 Å². The number of amides is 1. The van der Waals surface area contributed by atoms with Crippen molar-refractivity contribution in [3.63, 3.8) is 0 Å². The van der Waals surface area contributed by atoms with E-state index in [-0.39, 0.29) is 11.9 Å². The van der Waals surface area contributed by atoms with Gasteiger partial charge in [0, 0.05) is 19.2 Å². The summed E-state index contributed by atoms with van der Waals surface area (Å²) < 4.78 is 5.11. The minimum absolute atomic E-state index is 0.0554. The molecule has 1 rings (SSSR count). The van der Waals surface area contributed by atoms with Gasteiger partial charge in [-0.3, -0.25) is 4.79 Å². The van der Waals surface area contributed by atoms with Gasteiger partial charge in [0.05, 0.1) is 12.6 Å². The van der Waals surface area contributed by atoms with E-state index in [9.17, 15) is 4.79 Å². The first-order valence-electron chi connectivity index (χ1n) is 5.56. The van der Waals surface area contributed by atoms with E-state index < -0.39 is 0 Å². The third-order valence-electron chi connectivity index (χ3n) is 2.45. The second-order valence-electron chi connectivity index (χ2n) is 3.76. The first-order chi connectivity index (χ1) is 7.70. The molecule has 0 fully saturated rings. The Morgan fingerprint density at radius 1 is 1.38 bits per heavy atom. The number of methoxy groups -OCH3 is 1. The average molecular weight is 221 g/mol. The Morgan fingerprint density at radius 2 is 2.00 bits per heavy atom. The highest BCUT2D eigenvalue weighted by Gasteiger charge is 2.19. The number of carbonyl (C=O) groups is 1. The summed E-state index contributed by atoms with van der Waals surface area (Å²) in [4.78, 5) is 13.7. The lowest BCUT2D eigenvalue weighted by Crippen LogP contribution is -2.40. The number of carbonyl (C=O) groups excluding carboxylic acids is 1. The Kier molecular flexibility index (Phi) is 4.99. The van der Waals surface area contributed by atoms with Crippen LogP contribution in [0.1, 0.15) is 20.3 Å². The fraction of sp³-hybridized carbons (Fsp3) is 0.462. The highest BCUT2D eigenvalue weighted by molar-refractivity contribution is 5.93. The summed E-state index contributed by atoms with van der Waals surface area (Å²) in [6.07, 6.45) is 0.503. The van der Waals surface area contributed by atoms with E-state index in [1.165, 1.54) is 0 Å². The van der Waals surface area contributed by atoms with Crippen LogP contribution in [-0.4, -0.2) is 25.7 Å². The molecular formula is C13H19NO2. The van der Waals surface area contributed by atoms with Gasteiger partial charge in [0.1, 0.15) is 0 Å². The normalized spacial score (nSPS) is 12.2. The lowest BCUT2D eigenvalue weighted by atomic mass is 10.2. The van der Waals surface area contributed by atoms with Crippen LogP contribution >= 0.6 is 0 Å². The molecule has 0 N–H and O–H groups in total. The molecule has 1 aromatic carbocycles. The van der Waals surface area contributed by atoms with Gasteiger partial charge in [-0.05, 0) is 19.1 Å². The van der Waals surface area contributed by atoms with Crippen LogP contribution in [0.3, 0.4) is 0 Å². The minimum atomic E-state index is 0.0554. The number of hydrogen-bond acceptors (Lipinski definition) is 2. The van der Waals surface area contributed by atoms with E-state index in [2.05, 4.69) is 0 Å². The molecule has 1 atom stereocenters. The van der Waals surface area contributed by atoms with Gasteiger partial charge >= 0.3 is 0 Å². The smallest absolute Gasteiger partial charge is 0.227 e. The number of rotatable bonds is 5. The third-order valence-corrected chi connectivity index (χ3v) is 2.45. The van der Waals surface area contributed by atoms with Crippen molar-refractivity contribution in [2.45, 2.75) is 26.3 Å². The van der Waals surface area contributed by atoms with Crippen molar-refractivity contribution < 1.29 is 9.53 Å². The zero-order valence-corrected chi connectivity index (χ0v) is 10.1. The van der Waals surface area contributed by atoms with Crippen molar-refractivity contribution in [3.05, 3.63) is 30.3 Å². The minimum Gasteiger partial charge on any atom is -0.383 e. The summed E-state index contributed by atoms with van der Waals surface area (Å²) in [6, 6.07) is 9.76. The average Bonchev–Trinajstić information content (AvgIpc) is 2.31. The van der Waals surface area contributed by atoms with Crippen LogP contribution in [0, 0.1) is 0 Å². The maximum Gasteiger partial charge on any atom is 0.227 e. The third kappa shape index (κ3) is 3.07. The molecule has 1 aromatic rings. The van der Waals surface area contributed by atoms with E-state index in [0.29, 0.717) is 13.0 Å². The molecule has 1 amide bonds. The molecule has 3 nitrogen and oxygen atoms in total. The van der Waals surface area contributed by atoms with Crippen LogP contribution in [0.15, 0.2) is 30.3 Å². The van der Waals surface area contributed by atoms with Crippen molar-refractivity contribution in [2.75, 3.05) is 18.6 Å². The van der Waals surface area contributed by atoms with Crippen LogP contribution in [0.5, 0.6) is 0 Å². The number of hydrogen-bond donors (Lipinski definition) is 0. The van der Waals surface area contributed by atoms with E-state index >= 15 is 0 Å².